The molecule has 1 aliphatic carbocycles. The highest BCUT2D eigenvalue weighted by atomic mass is 32.2. The third-order valence-electron chi connectivity index (χ3n) is 4.03. The van der Waals surface area contributed by atoms with E-state index in [1.54, 1.807) is 0 Å². The SMILES string of the molecule is CC1(CNC(=O)C2(C#N)CCCC2)CCCS1. The van der Waals surface area contributed by atoms with Gasteiger partial charge in [0, 0.05) is 11.3 Å². The molecule has 1 N–H and O–H groups in total. The number of carbonyl (C=O) groups excluding carboxylic acids is 1. The zero-order chi connectivity index (χ0) is 12.4. The lowest BCUT2D eigenvalue weighted by atomic mass is 9.87. The summed E-state index contributed by atoms with van der Waals surface area (Å²) in [4.78, 5) is 12.2. The monoisotopic (exact) mass is 252 g/mol. The van der Waals surface area contributed by atoms with E-state index < -0.39 is 5.41 Å². The van der Waals surface area contributed by atoms with Crippen LogP contribution in [-0.4, -0.2) is 23.0 Å². The van der Waals surface area contributed by atoms with E-state index in [1.807, 2.05) is 11.8 Å². The van der Waals surface area contributed by atoms with Crippen molar-refractivity contribution >= 4 is 17.7 Å². The van der Waals surface area contributed by atoms with Gasteiger partial charge in [-0.1, -0.05) is 12.8 Å². The van der Waals surface area contributed by atoms with Crippen LogP contribution in [0.3, 0.4) is 0 Å². The van der Waals surface area contributed by atoms with Crippen molar-refractivity contribution in [3.05, 3.63) is 0 Å². The second-order valence-corrected chi connectivity index (χ2v) is 7.17. The highest BCUT2D eigenvalue weighted by molar-refractivity contribution is 8.00. The quantitative estimate of drug-likeness (QED) is 0.839. The summed E-state index contributed by atoms with van der Waals surface area (Å²) in [5, 5.41) is 12.2. The largest absolute Gasteiger partial charge is 0.353 e. The van der Waals surface area contributed by atoms with Crippen molar-refractivity contribution in [1.29, 1.82) is 5.26 Å². The van der Waals surface area contributed by atoms with Gasteiger partial charge in [0.15, 0.2) is 0 Å². The standard InChI is InChI=1S/C13H20N2OS/c1-12(5-4-8-17-12)10-15-11(16)13(9-14)6-2-3-7-13/h2-8,10H2,1H3,(H,15,16). The maximum atomic E-state index is 12.2. The number of nitrogens with zero attached hydrogens (tertiary/aromatic N) is 1. The van der Waals surface area contributed by atoms with Crippen LogP contribution < -0.4 is 5.32 Å². The number of rotatable bonds is 3. The minimum Gasteiger partial charge on any atom is -0.353 e. The highest BCUT2D eigenvalue weighted by Crippen LogP contribution is 2.39. The first kappa shape index (κ1) is 12.8. The molecule has 0 aromatic heterocycles. The first-order chi connectivity index (χ1) is 8.10. The van der Waals surface area contributed by atoms with Crippen LogP contribution in [0.25, 0.3) is 0 Å². The molecule has 1 heterocycles. The van der Waals surface area contributed by atoms with Crippen molar-refractivity contribution in [2.75, 3.05) is 12.3 Å². The second kappa shape index (κ2) is 4.89. The predicted molar refractivity (Wildman–Crippen MR) is 69.6 cm³/mol. The molecule has 4 heteroatoms. The molecule has 94 valence electrons. The molecule has 1 saturated heterocycles. The third-order valence-corrected chi connectivity index (χ3v) is 5.57. The molecule has 2 rings (SSSR count). The van der Waals surface area contributed by atoms with E-state index in [0.717, 1.165) is 32.1 Å². The van der Waals surface area contributed by atoms with Gasteiger partial charge in [-0.2, -0.15) is 17.0 Å². The minimum absolute atomic E-state index is 0.0359. The Morgan fingerprint density at radius 3 is 2.59 bits per heavy atom. The lowest BCUT2D eigenvalue weighted by Gasteiger charge is -2.26. The summed E-state index contributed by atoms with van der Waals surface area (Å²) in [5.41, 5.74) is -0.723. The number of hydrogen-bond acceptors (Lipinski definition) is 3. The molecule has 1 unspecified atom stereocenters. The van der Waals surface area contributed by atoms with Crippen LogP contribution in [0.1, 0.15) is 45.4 Å². The van der Waals surface area contributed by atoms with Crippen molar-refractivity contribution in [1.82, 2.24) is 5.32 Å². The van der Waals surface area contributed by atoms with Crippen molar-refractivity contribution in [2.45, 2.75) is 50.2 Å². The summed E-state index contributed by atoms with van der Waals surface area (Å²) < 4.78 is 0.185. The number of thioether (sulfide) groups is 1. The molecule has 3 nitrogen and oxygen atoms in total. The first-order valence-corrected chi connectivity index (χ1v) is 7.42. The zero-order valence-corrected chi connectivity index (χ0v) is 11.2. The molecular weight excluding hydrogens is 232 g/mol. The summed E-state index contributed by atoms with van der Waals surface area (Å²) in [6, 6.07) is 2.25. The van der Waals surface area contributed by atoms with Gasteiger partial charge in [0.1, 0.15) is 5.41 Å². The Kier molecular flexibility index (Phi) is 3.67. The predicted octanol–water partition coefficient (Wildman–Crippen LogP) is 2.47. The van der Waals surface area contributed by atoms with Crippen molar-refractivity contribution in [2.24, 2.45) is 5.41 Å². The van der Waals surface area contributed by atoms with E-state index in [9.17, 15) is 10.1 Å². The van der Waals surface area contributed by atoms with Gasteiger partial charge in [0.05, 0.1) is 6.07 Å². The first-order valence-electron chi connectivity index (χ1n) is 6.44. The van der Waals surface area contributed by atoms with Crippen LogP contribution in [0, 0.1) is 16.7 Å². The third kappa shape index (κ3) is 2.60. The summed E-state index contributed by atoms with van der Waals surface area (Å²) in [6.07, 6.45) is 5.89. The van der Waals surface area contributed by atoms with Crippen LogP contribution in [0.5, 0.6) is 0 Å². The van der Waals surface area contributed by atoms with E-state index in [1.165, 1.54) is 12.2 Å². The Morgan fingerprint density at radius 1 is 1.35 bits per heavy atom. The second-order valence-electron chi connectivity index (χ2n) is 5.49. The van der Waals surface area contributed by atoms with Gasteiger partial charge in [-0.05, 0) is 38.4 Å². The van der Waals surface area contributed by atoms with Crippen LogP contribution in [0.15, 0.2) is 0 Å². The molecule has 0 bridgehead atoms. The van der Waals surface area contributed by atoms with Gasteiger partial charge in [0.2, 0.25) is 5.91 Å². The van der Waals surface area contributed by atoms with Gasteiger partial charge in [-0.25, -0.2) is 0 Å². The maximum absolute atomic E-state index is 12.2. The van der Waals surface area contributed by atoms with Crippen LogP contribution in [0.2, 0.25) is 0 Å². The molecule has 1 amide bonds. The molecule has 1 saturated carbocycles. The zero-order valence-electron chi connectivity index (χ0n) is 10.4. The van der Waals surface area contributed by atoms with Gasteiger partial charge in [-0.15, -0.1) is 0 Å². The van der Waals surface area contributed by atoms with E-state index in [0.29, 0.717) is 6.54 Å². The fourth-order valence-corrected chi connectivity index (χ4v) is 4.03. The van der Waals surface area contributed by atoms with Gasteiger partial charge in [0.25, 0.3) is 0 Å². The number of nitriles is 1. The Labute approximate surface area is 107 Å². The van der Waals surface area contributed by atoms with E-state index in [2.05, 4.69) is 18.3 Å². The average molecular weight is 252 g/mol. The molecule has 2 aliphatic rings. The lowest BCUT2D eigenvalue weighted by molar-refractivity contribution is -0.128. The van der Waals surface area contributed by atoms with Crippen molar-refractivity contribution < 1.29 is 4.79 Å². The highest BCUT2D eigenvalue weighted by Gasteiger charge is 2.42. The number of nitrogens with one attached hydrogen (secondary N) is 1. The topological polar surface area (TPSA) is 52.9 Å². The molecule has 0 aromatic carbocycles. The molecule has 17 heavy (non-hydrogen) atoms. The fraction of sp³-hybridized carbons (Fsp3) is 0.846. The molecule has 0 radical (unpaired) electrons. The summed E-state index contributed by atoms with van der Waals surface area (Å²) in [5.74, 6) is 1.15. The molecule has 1 aliphatic heterocycles. The minimum atomic E-state index is -0.723. The number of hydrogen-bond donors (Lipinski definition) is 1. The Hall–Kier alpha value is -0.690. The van der Waals surface area contributed by atoms with Gasteiger partial charge < -0.3 is 5.32 Å². The maximum Gasteiger partial charge on any atom is 0.240 e. The summed E-state index contributed by atoms with van der Waals surface area (Å²) in [7, 11) is 0. The van der Waals surface area contributed by atoms with Crippen LogP contribution in [-0.2, 0) is 4.79 Å². The smallest absolute Gasteiger partial charge is 0.240 e. The fourth-order valence-electron chi connectivity index (χ4n) is 2.78. The number of carbonyl (C=O) groups is 1. The lowest BCUT2D eigenvalue weighted by Crippen LogP contribution is -2.44. The van der Waals surface area contributed by atoms with Gasteiger partial charge >= 0.3 is 0 Å². The Morgan fingerprint density at radius 2 is 2.06 bits per heavy atom. The molecule has 1 atom stereocenters. The van der Waals surface area contributed by atoms with Crippen LogP contribution in [0.4, 0.5) is 0 Å². The Balaban J connectivity index is 1.91. The Bertz CT molecular complexity index is 336. The average Bonchev–Trinajstić information content (AvgIpc) is 2.96. The molecular formula is C13H20N2OS. The summed E-state index contributed by atoms with van der Waals surface area (Å²) in [6.45, 7) is 2.92. The normalized spacial score (nSPS) is 31.1. The van der Waals surface area contributed by atoms with Crippen molar-refractivity contribution in [3.63, 3.8) is 0 Å². The van der Waals surface area contributed by atoms with Gasteiger partial charge in [-0.3, -0.25) is 4.79 Å². The van der Waals surface area contributed by atoms with Crippen molar-refractivity contribution in [3.8, 4) is 6.07 Å². The number of amides is 1. The molecule has 2 fully saturated rings. The summed E-state index contributed by atoms with van der Waals surface area (Å²) >= 11 is 1.94. The van der Waals surface area contributed by atoms with E-state index in [-0.39, 0.29) is 10.7 Å². The molecule has 0 aromatic rings. The van der Waals surface area contributed by atoms with Crippen LogP contribution >= 0.6 is 11.8 Å². The molecule has 0 spiro atoms. The van der Waals surface area contributed by atoms with E-state index >= 15 is 0 Å². The van der Waals surface area contributed by atoms with E-state index in [4.69, 9.17) is 0 Å².